The molecule has 9 heteroatoms. The Bertz CT molecular complexity index is 1050. The van der Waals surface area contributed by atoms with Gasteiger partial charge in [0.05, 0.1) is 25.4 Å². The first-order valence-electron chi connectivity index (χ1n) is 13.4. The van der Waals surface area contributed by atoms with Crippen molar-refractivity contribution in [2.24, 2.45) is 22.7 Å². The third kappa shape index (κ3) is 7.49. The van der Waals surface area contributed by atoms with Gasteiger partial charge in [0.25, 0.3) is 0 Å². The summed E-state index contributed by atoms with van der Waals surface area (Å²) in [6.07, 6.45) is 5.30. The molecule has 0 saturated heterocycles. The Morgan fingerprint density at radius 3 is 2.51 bits per heavy atom. The quantitative estimate of drug-likeness (QED) is 0.258. The molecule has 4 rings (SSSR count). The van der Waals surface area contributed by atoms with Gasteiger partial charge in [0, 0.05) is 99.6 Å². The molecule has 2 saturated carbocycles. The van der Waals surface area contributed by atoms with Gasteiger partial charge in [0.2, 0.25) is 0 Å². The van der Waals surface area contributed by atoms with Crippen LogP contribution in [0.25, 0.3) is 0 Å². The molecule has 39 heavy (non-hydrogen) atoms. The van der Waals surface area contributed by atoms with E-state index in [0.717, 1.165) is 30.4 Å². The fourth-order valence-electron chi connectivity index (χ4n) is 7.26. The SMILES string of the molecule is C=C1CCC2[C@](C)(CO)C(O)CC[C@]2(C)[C@H]1CC(NC(Cc1ccccc1)C(=O)OC)C1=CCOC1=O.[Ac].[Ac]. The molecule has 208 valence electrons. The number of allylic oxidation sites excluding steroid dienone is 1. The second kappa shape index (κ2) is 15.2. The number of nitrogens with one attached hydrogen (secondary N) is 1. The Hall–Kier alpha value is 0.403. The van der Waals surface area contributed by atoms with Crippen molar-refractivity contribution < 1.29 is 117 Å². The minimum absolute atomic E-state index is 0. The number of hydrogen-bond acceptors (Lipinski definition) is 7. The van der Waals surface area contributed by atoms with Crippen LogP contribution in [0, 0.1) is 111 Å². The minimum Gasteiger partial charge on any atom is -0.468 e. The van der Waals surface area contributed by atoms with Crippen LogP contribution in [0.5, 0.6) is 0 Å². The van der Waals surface area contributed by atoms with E-state index >= 15 is 0 Å². The van der Waals surface area contributed by atoms with E-state index in [1.54, 1.807) is 6.08 Å². The van der Waals surface area contributed by atoms with Crippen LogP contribution >= 0.6 is 0 Å². The molecule has 1 aromatic carbocycles. The molecule has 2 fully saturated rings. The van der Waals surface area contributed by atoms with Gasteiger partial charge in [-0.3, -0.25) is 10.1 Å². The maximum atomic E-state index is 12.9. The Kier molecular flexibility index (Phi) is 13.9. The molecule has 1 aromatic rings. The number of esters is 2. The van der Waals surface area contributed by atoms with Crippen LogP contribution in [-0.2, 0) is 25.5 Å². The topological polar surface area (TPSA) is 105 Å². The average molecular weight is 966 g/mol. The van der Waals surface area contributed by atoms with Gasteiger partial charge in [-0.1, -0.05) is 56.3 Å². The van der Waals surface area contributed by atoms with Crippen molar-refractivity contribution >= 4 is 11.9 Å². The van der Waals surface area contributed by atoms with Crippen molar-refractivity contribution in [1.29, 1.82) is 0 Å². The van der Waals surface area contributed by atoms with Crippen LogP contribution in [0.15, 0.2) is 54.1 Å². The zero-order chi connectivity index (χ0) is 26.8. The number of aliphatic hydroxyl groups is 2. The Labute approximate surface area is 304 Å². The van der Waals surface area contributed by atoms with Crippen molar-refractivity contribution in [3.63, 3.8) is 0 Å². The third-order valence-electron chi connectivity index (χ3n) is 9.46. The van der Waals surface area contributed by atoms with E-state index < -0.39 is 23.6 Å². The first kappa shape index (κ1) is 35.6. The van der Waals surface area contributed by atoms with E-state index in [9.17, 15) is 19.8 Å². The standard InChI is InChI=1S/C30H41NO6.2Ac/c1-19-10-11-25-29(2,14-12-26(33)30(25,3)18-32)22(19)17-23(21-13-15-37-27(21)34)31-24(28(35)36-4)16-20-8-6-5-7-9-20;;/h5-9,13,22-26,31-33H,1,10-12,14-18H2,2-4H3;;/t22-,23?,24?,25?,26?,29+,30-;;/m0../s1. The van der Waals surface area contributed by atoms with Gasteiger partial charge in [-0.05, 0) is 67.4 Å². The molecule has 3 aliphatic rings. The summed E-state index contributed by atoms with van der Waals surface area (Å²) in [6.45, 7) is 8.82. The van der Waals surface area contributed by atoms with Gasteiger partial charge in [-0.15, -0.1) is 0 Å². The summed E-state index contributed by atoms with van der Waals surface area (Å²) in [4.78, 5) is 25.6. The van der Waals surface area contributed by atoms with E-state index in [2.05, 4.69) is 18.8 Å². The monoisotopic (exact) mass is 965 g/mol. The molecular formula is C30H41Ac2NO6. The second-order valence-electron chi connectivity index (χ2n) is 11.5. The summed E-state index contributed by atoms with van der Waals surface area (Å²) in [7, 11) is 1.37. The van der Waals surface area contributed by atoms with Crippen LogP contribution in [0.3, 0.4) is 0 Å². The van der Waals surface area contributed by atoms with Crippen LogP contribution in [0.1, 0.15) is 51.5 Å². The summed E-state index contributed by atoms with van der Waals surface area (Å²) < 4.78 is 10.4. The summed E-state index contributed by atoms with van der Waals surface area (Å²) in [5.41, 5.74) is 1.83. The van der Waals surface area contributed by atoms with Gasteiger partial charge in [-0.2, -0.15) is 0 Å². The fraction of sp³-hybridized carbons (Fsp3) is 0.600. The van der Waals surface area contributed by atoms with Crippen molar-refractivity contribution in [3.05, 3.63) is 59.7 Å². The molecule has 0 aromatic heterocycles. The van der Waals surface area contributed by atoms with Crippen molar-refractivity contribution in [2.45, 2.75) is 70.6 Å². The number of methoxy groups -OCH3 is 1. The number of benzene rings is 1. The van der Waals surface area contributed by atoms with Crippen molar-refractivity contribution in [2.75, 3.05) is 20.3 Å². The molecule has 2 aliphatic carbocycles. The van der Waals surface area contributed by atoms with Gasteiger partial charge in [0.1, 0.15) is 12.6 Å². The van der Waals surface area contributed by atoms with Crippen LogP contribution in [0.4, 0.5) is 0 Å². The summed E-state index contributed by atoms with van der Waals surface area (Å²) in [5, 5.41) is 24.7. The predicted octanol–water partition coefficient (Wildman–Crippen LogP) is 3.34. The predicted molar refractivity (Wildman–Crippen MR) is 140 cm³/mol. The molecule has 2 radical (unpaired) electrons. The van der Waals surface area contributed by atoms with Crippen LogP contribution in [-0.4, -0.2) is 60.7 Å². The van der Waals surface area contributed by atoms with Crippen molar-refractivity contribution in [1.82, 2.24) is 5.32 Å². The molecule has 3 N–H and O–H groups in total. The van der Waals surface area contributed by atoms with Crippen molar-refractivity contribution in [3.8, 4) is 0 Å². The van der Waals surface area contributed by atoms with Gasteiger partial charge in [-0.25, -0.2) is 4.79 Å². The number of cyclic esters (lactones) is 1. The smallest absolute Gasteiger partial charge is 0.335 e. The molecule has 1 aliphatic heterocycles. The molecule has 7 nitrogen and oxygen atoms in total. The average Bonchev–Trinajstić information content (AvgIpc) is 3.33. The Balaban J connectivity index is 0.00000267. The second-order valence-corrected chi connectivity index (χ2v) is 11.5. The largest absolute Gasteiger partial charge is 0.468 e. The third-order valence-corrected chi connectivity index (χ3v) is 9.46. The Morgan fingerprint density at radius 1 is 1.23 bits per heavy atom. The number of carbonyl (C=O) groups excluding carboxylic acids is 2. The van der Waals surface area contributed by atoms with E-state index in [1.165, 1.54) is 7.11 Å². The number of ether oxygens (including phenoxy) is 2. The first-order chi connectivity index (χ1) is 17.6. The number of aliphatic hydroxyl groups excluding tert-OH is 2. The van der Waals surface area contributed by atoms with Gasteiger partial charge < -0.3 is 19.7 Å². The van der Waals surface area contributed by atoms with E-state index in [1.807, 2.05) is 37.3 Å². The fourth-order valence-corrected chi connectivity index (χ4v) is 7.26. The summed E-state index contributed by atoms with van der Waals surface area (Å²) in [5.74, 6) is -0.620. The van der Waals surface area contributed by atoms with Crippen LogP contribution in [0.2, 0.25) is 0 Å². The molecule has 4 unspecified atom stereocenters. The van der Waals surface area contributed by atoms with E-state index in [-0.39, 0.29) is 131 Å². The molecule has 0 amide bonds. The van der Waals surface area contributed by atoms with E-state index in [4.69, 9.17) is 9.47 Å². The normalized spacial score (nSPS) is 31.5. The zero-order valence-electron chi connectivity index (χ0n) is 23.4. The molecular weight excluding hydrogens is 924 g/mol. The molecule has 7 atom stereocenters. The van der Waals surface area contributed by atoms with Gasteiger partial charge >= 0.3 is 11.9 Å². The number of fused-ring (bicyclic) bond motifs is 1. The number of carbonyl (C=O) groups is 2. The first-order valence-corrected chi connectivity index (χ1v) is 13.4. The van der Waals surface area contributed by atoms with Crippen LogP contribution < -0.4 is 5.32 Å². The summed E-state index contributed by atoms with van der Waals surface area (Å²) in [6, 6.07) is 8.64. The van der Waals surface area contributed by atoms with E-state index in [0.29, 0.717) is 24.8 Å². The number of hydrogen-bond donors (Lipinski definition) is 3. The number of rotatable bonds is 9. The minimum atomic E-state index is -0.650. The molecule has 0 bridgehead atoms. The zero-order valence-corrected chi connectivity index (χ0v) is 32.9. The maximum absolute atomic E-state index is 12.9. The van der Waals surface area contributed by atoms with Gasteiger partial charge in [0.15, 0.2) is 0 Å². The molecule has 0 spiro atoms. The Morgan fingerprint density at radius 2 is 1.92 bits per heavy atom. The molecule has 1 heterocycles. The maximum Gasteiger partial charge on any atom is 0.335 e. The summed E-state index contributed by atoms with van der Waals surface area (Å²) >= 11 is 0.